The summed E-state index contributed by atoms with van der Waals surface area (Å²) >= 11 is 0. The maximum Gasteiger partial charge on any atom is 0.335 e. The van der Waals surface area contributed by atoms with E-state index in [1.54, 1.807) is 0 Å². The monoisotopic (exact) mass is 241 g/mol. The van der Waals surface area contributed by atoms with Crippen LogP contribution in [-0.2, 0) is 0 Å². The average molecular weight is 241 g/mol. The Morgan fingerprint density at radius 3 is 2.65 bits per heavy atom. The fourth-order valence-electron chi connectivity index (χ4n) is 1.43. The smallest absolute Gasteiger partial charge is 0.335 e. The third kappa shape index (κ3) is 4.40. The SMILES string of the molecule is O=C(O)c1ccc(NCCCCCO)c(F)c1. The van der Waals surface area contributed by atoms with Gasteiger partial charge in [-0.1, -0.05) is 0 Å². The van der Waals surface area contributed by atoms with Gasteiger partial charge in [-0.2, -0.15) is 0 Å². The summed E-state index contributed by atoms with van der Waals surface area (Å²) in [5.41, 5.74) is 0.243. The lowest BCUT2D eigenvalue weighted by Crippen LogP contribution is -2.05. The summed E-state index contributed by atoms with van der Waals surface area (Å²) in [6.07, 6.45) is 2.45. The van der Waals surface area contributed by atoms with Crippen LogP contribution in [0.1, 0.15) is 29.6 Å². The highest BCUT2D eigenvalue weighted by molar-refractivity contribution is 5.88. The largest absolute Gasteiger partial charge is 0.478 e. The van der Waals surface area contributed by atoms with E-state index in [2.05, 4.69) is 5.32 Å². The molecule has 0 saturated carbocycles. The first kappa shape index (κ1) is 13.4. The lowest BCUT2D eigenvalue weighted by molar-refractivity contribution is 0.0696. The predicted octanol–water partition coefficient (Wildman–Crippen LogP) is 2.10. The number of benzene rings is 1. The predicted molar refractivity (Wildman–Crippen MR) is 62.8 cm³/mol. The first-order valence-corrected chi connectivity index (χ1v) is 5.52. The number of carboxylic acids is 1. The number of rotatable bonds is 7. The fraction of sp³-hybridized carbons (Fsp3) is 0.417. The molecule has 0 heterocycles. The van der Waals surface area contributed by atoms with E-state index in [0.717, 1.165) is 25.3 Å². The summed E-state index contributed by atoms with van der Waals surface area (Å²) in [5.74, 6) is -1.70. The van der Waals surface area contributed by atoms with Gasteiger partial charge >= 0.3 is 5.97 Å². The maximum atomic E-state index is 13.4. The van der Waals surface area contributed by atoms with E-state index in [-0.39, 0.29) is 12.2 Å². The van der Waals surface area contributed by atoms with Gasteiger partial charge in [-0.05, 0) is 37.5 Å². The third-order valence-corrected chi connectivity index (χ3v) is 2.37. The van der Waals surface area contributed by atoms with E-state index in [4.69, 9.17) is 10.2 Å². The number of anilines is 1. The molecule has 0 unspecified atom stereocenters. The van der Waals surface area contributed by atoms with Crippen LogP contribution in [0.5, 0.6) is 0 Å². The lowest BCUT2D eigenvalue weighted by Gasteiger charge is -2.07. The second kappa shape index (κ2) is 6.85. The number of aliphatic hydroxyl groups is 1. The summed E-state index contributed by atoms with van der Waals surface area (Å²) in [6.45, 7) is 0.769. The van der Waals surface area contributed by atoms with Crippen LogP contribution in [0.4, 0.5) is 10.1 Å². The zero-order valence-corrected chi connectivity index (χ0v) is 9.45. The summed E-state index contributed by atoms with van der Waals surface area (Å²) < 4.78 is 13.4. The summed E-state index contributed by atoms with van der Waals surface area (Å²) in [4.78, 5) is 10.6. The molecule has 0 spiro atoms. The minimum absolute atomic E-state index is 0.0617. The van der Waals surface area contributed by atoms with E-state index in [1.165, 1.54) is 12.1 Å². The average Bonchev–Trinajstić information content (AvgIpc) is 2.30. The highest BCUT2D eigenvalue weighted by Gasteiger charge is 2.07. The minimum Gasteiger partial charge on any atom is -0.478 e. The third-order valence-electron chi connectivity index (χ3n) is 2.37. The maximum absolute atomic E-state index is 13.4. The summed E-state index contributed by atoms with van der Waals surface area (Å²) in [6, 6.07) is 3.78. The van der Waals surface area contributed by atoms with Crippen LogP contribution in [0.2, 0.25) is 0 Å². The Kier molecular flexibility index (Phi) is 5.42. The molecule has 0 aromatic heterocycles. The van der Waals surface area contributed by atoms with Crippen molar-refractivity contribution in [3.63, 3.8) is 0 Å². The van der Waals surface area contributed by atoms with E-state index in [0.29, 0.717) is 12.2 Å². The molecule has 1 aromatic carbocycles. The van der Waals surface area contributed by atoms with Crippen molar-refractivity contribution >= 4 is 11.7 Å². The minimum atomic E-state index is -1.14. The van der Waals surface area contributed by atoms with Gasteiger partial charge in [0, 0.05) is 13.2 Å². The van der Waals surface area contributed by atoms with Gasteiger partial charge in [0.2, 0.25) is 0 Å². The number of carbonyl (C=O) groups is 1. The Bertz CT molecular complexity index is 382. The molecular weight excluding hydrogens is 225 g/mol. The molecule has 0 saturated heterocycles. The number of nitrogens with one attached hydrogen (secondary N) is 1. The highest BCUT2D eigenvalue weighted by Crippen LogP contribution is 2.15. The molecule has 1 aromatic rings. The number of aromatic carboxylic acids is 1. The van der Waals surface area contributed by atoms with E-state index in [9.17, 15) is 9.18 Å². The first-order valence-electron chi connectivity index (χ1n) is 5.52. The molecule has 3 N–H and O–H groups in total. The van der Waals surface area contributed by atoms with Crippen molar-refractivity contribution in [1.82, 2.24) is 0 Å². The lowest BCUT2D eigenvalue weighted by atomic mass is 10.2. The molecule has 0 aliphatic heterocycles. The van der Waals surface area contributed by atoms with Gasteiger partial charge in [0.15, 0.2) is 0 Å². The van der Waals surface area contributed by atoms with Crippen molar-refractivity contribution in [2.24, 2.45) is 0 Å². The van der Waals surface area contributed by atoms with Crippen LogP contribution < -0.4 is 5.32 Å². The zero-order chi connectivity index (χ0) is 12.7. The van der Waals surface area contributed by atoms with Gasteiger partial charge in [0.05, 0.1) is 11.3 Å². The Balaban J connectivity index is 2.46. The van der Waals surface area contributed by atoms with Crippen molar-refractivity contribution in [3.05, 3.63) is 29.6 Å². The summed E-state index contributed by atoms with van der Waals surface area (Å²) in [7, 11) is 0. The van der Waals surface area contributed by atoms with Gasteiger partial charge in [0.1, 0.15) is 5.82 Å². The van der Waals surface area contributed by atoms with Crippen LogP contribution in [0.3, 0.4) is 0 Å². The Hall–Kier alpha value is -1.62. The molecule has 17 heavy (non-hydrogen) atoms. The van der Waals surface area contributed by atoms with Gasteiger partial charge in [-0.15, -0.1) is 0 Å². The van der Waals surface area contributed by atoms with Gasteiger partial charge in [0.25, 0.3) is 0 Å². The Labute approximate surface area is 99.1 Å². The van der Waals surface area contributed by atoms with Crippen LogP contribution >= 0.6 is 0 Å². The zero-order valence-electron chi connectivity index (χ0n) is 9.45. The van der Waals surface area contributed by atoms with Crippen molar-refractivity contribution in [2.75, 3.05) is 18.5 Å². The number of hydrogen-bond acceptors (Lipinski definition) is 3. The molecule has 5 heteroatoms. The second-order valence-corrected chi connectivity index (χ2v) is 3.71. The van der Waals surface area contributed by atoms with Crippen LogP contribution in [0.25, 0.3) is 0 Å². The molecule has 0 bridgehead atoms. The number of halogens is 1. The normalized spacial score (nSPS) is 10.2. The molecule has 0 fully saturated rings. The molecule has 0 radical (unpaired) electrons. The fourth-order valence-corrected chi connectivity index (χ4v) is 1.43. The molecule has 4 nitrogen and oxygen atoms in total. The highest BCUT2D eigenvalue weighted by atomic mass is 19.1. The molecule has 0 atom stereocenters. The molecule has 94 valence electrons. The number of carboxylic acid groups (broad SMARTS) is 1. The molecule has 1 rings (SSSR count). The van der Waals surface area contributed by atoms with Crippen molar-refractivity contribution in [1.29, 1.82) is 0 Å². The standard InChI is InChI=1S/C12H16FNO3/c13-10-8-9(12(16)17)4-5-11(10)14-6-2-1-3-7-15/h4-5,8,14-15H,1-3,6-7H2,(H,16,17). The molecule has 0 aliphatic rings. The van der Waals surface area contributed by atoms with Crippen LogP contribution in [0.15, 0.2) is 18.2 Å². The first-order chi connectivity index (χ1) is 8.15. The Morgan fingerprint density at radius 1 is 1.29 bits per heavy atom. The topological polar surface area (TPSA) is 69.6 Å². The molecule has 0 aliphatic carbocycles. The van der Waals surface area contributed by atoms with Crippen molar-refractivity contribution < 1.29 is 19.4 Å². The van der Waals surface area contributed by atoms with Crippen LogP contribution in [-0.4, -0.2) is 29.3 Å². The van der Waals surface area contributed by atoms with Gasteiger partial charge in [-0.3, -0.25) is 0 Å². The summed E-state index contributed by atoms with van der Waals surface area (Å²) in [5, 5.41) is 20.1. The van der Waals surface area contributed by atoms with Crippen molar-refractivity contribution in [2.45, 2.75) is 19.3 Å². The second-order valence-electron chi connectivity index (χ2n) is 3.71. The number of unbranched alkanes of at least 4 members (excludes halogenated alkanes) is 2. The van der Waals surface area contributed by atoms with Gasteiger partial charge in [-0.25, -0.2) is 9.18 Å². The Morgan fingerprint density at radius 2 is 2.06 bits per heavy atom. The van der Waals surface area contributed by atoms with E-state index < -0.39 is 11.8 Å². The molecule has 0 amide bonds. The molecular formula is C12H16FNO3. The van der Waals surface area contributed by atoms with E-state index >= 15 is 0 Å². The quantitative estimate of drug-likeness (QED) is 0.639. The van der Waals surface area contributed by atoms with E-state index in [1.807, 2.05) is 0 Å². The van der Waals surface area contributed by atoms with Gasteiger partial charge < -0.3 is 15.5 Å². The number of aliphatic hydroxyl groups excluding tert-OH is 1. The number of hydrogen-bond donors (Lipinski definition) is 3. The van der Waals surface area contributed by atoms with Crippen molar-refractivity contribution in [3.8, 4) is 0 Å². The van der Waals surface area contributed by atoms with Crippen LogP contribution in [0, 0.1) is 5.82 Å².